The van der Waals surface area contributed by atoms with Gasteiger partial charge < -0.3 is 10.2 Å². The third-order valence-corrected chi connectivity index (χ3v) is 1.19. The normalized spacial score (nSPS) is 23.3. The van der Waals surface area contributed by atoms with Crippen molar-refractivity contribution in [3.05, 3.63) is 0 Å². The van der Waals surface area contributed by atoms with Gasteiger partial charge >= 0.3 is 17.6 Å². The van der Waals surface area contributed by atoms with Gasteiger partial charge in [-0.15, -0.1) is 0 Å². The van der Waals surface area contributed by atoms with Crippen LogP contribution in [0.5, 0.6) is 0 Å². The number of hydrogen-bond acceptors (Lipinski definition) is 4. The summed E-state index contributed by atoms with van der Waals surface area (Å²) in [6, 6.07) is 0. The third-order valence-electron chi connectivity index (χ3n) is 1.19. The van der Waals surface area contributed by atoms with Gasteiger partial charge in [0.1, 0.15) is 0 Å². The highest BCUT2D eigenvalue weighted by molar-refractivity contribution is 6.10. The molecular formula is C4H6N2O4. The topological polar surface area (TPSA) is 89.9 Å². The van der Waals surface area contributed by atoms with Crippen molar-refractivity contribution in [1.82, 2.24) is 10.4 Å². The molecule has 0 atom stereocenters. The Balaban J connectivity index is 2.96. The molecule has 6 nitrogen and oxygen atoms in total. The lowest BCUT2D eigenvalue weighted by Crippen LogP contribution is -2.43. The largest absolute Gasteiger partial charge is 0.351 e. The summed E-state index contributed by atoms with van der Waals surface area (Å²) in [5.41, 5.74) is 1.90. The number of carbonyl (C=O) groups excluding carboxylic acids is 2. The molecule has 0 radical (unpaired) electrons. The maximum absolute atomic E-state index is 10.6. The SMILES string of the molecule is CN1NC(=O)C(O)(O)C1=O. The molecule has 1 fully saturated rings. The van der Waals surface area contributed by atoms with E-state index in [1.54, 1.807) is 0 Å². The van der Waals surface area contributed by atoms with Gasteiger partial charge in [-0.05, 0) is 0 Å². The summed E-state index contributed by atoms with van der Waals surface area (Å²) in [7, 11) is 1.22. The first-order valence-electron chi connectivity index (χ1n) is 2.50. The average molecular weight is 146 g/mol. The minimum atomic E-state index is -2.88. The summed E-state index contributed by atoms with van der Waals surface area (Å²) in [6.07, 6.45) is 0. The summed E-state index contributed by atoms with van der Waals surface area (Å²) < 4.78 is 0. The Labute approximate surface area is 56.0 Å². The first-order chi connectivity index (χ1) is 4.46. The van der Waals surface area contributed by atoms with Crippen molar-refractivity contribution >= 4 is 11.8 Å². The molecule has 6 heteroatoms. The summed E-state index contributed by atoms with van der Waals surface area (Å²) >= 11 is 0. The van der Waals surface area contributed by atoms with Gasteiger partial charge in [0.2, 0.25) is 0 Å². The Bertz CT molecular complexity index is 199. The van der Waals surface area contributed by atoms with Crippen LogP contribution < -0.4 is 5.43 Å². The van der Waals surface area contributed by atoms with Crippen LogP contribution in [-0.4, -0.2) is 39.9 Å². The van der Waals surface area contributed by atoms with E-state index in [2.05, 4.69) is 0 Å². The molecule has 10 heavy (non-hydrogen) atoms. The summed E-state index contributed by atoms with van der Waals surface area (Å²) in [5.74, 6) is -5.08. The minimum Gasteiger partial charge on any atom is -0.351 e. The monoisotopic (exact) mass is 146 g/mol. The van der Waals surface area contributed by atoms with Gasteiger partial charge in [0.05, 0.1) is 0 Å². The van der Waals surface area contributed by atoms with Crippen LogP contribution in [0.2, 0.25) is 0 Å². The summed E-state index contributed by atoms with van der Waals surface area (Å²) in [4.78, 5) is 21.0. The molecule has 0 aromatic heterocycles. The standard InChI is InChI=1S/C4H6N2O4/c1-6-3(8)4(9,10)2(7)5-6/h9-10H,1H3,(H,5,7). The van der Waals surface area contributed by atoms with E-state index in [-0.39, 0.29) is 0 Å². The minimum absolute atomic E-state index is 0.711. The molecule has 0 unspecified atom stereocenters. The predicted octanol–water partition coefficient (Wildman–Crippen LogP) is -2.83. The van der Waals surface area contributed by atoms with Crippen LogP contribution in [0, 0.1) is 0 Å². The van der Waals surface area contributed by atoms with E-state index in [1.165, 1.54) is 7.05 Å². The second-order valence-electron chi connectivity index (χ2n) is 1.98. The lowest BCUT2D eigenvalue weighted by atomic mass is 10.3. The predicted molar refractivity (Wildman–Crippen MR) is 28.1 cm³/mol. The Hall–Kier alpha value is -1.14. The fraction of sp³-hybridized carbons (Fsp3) is 0.500. The van der Waals surface area contributed by atoms with Gasteiger partial charge in [-0.2, -0.15) is 0 Å². The first-order valence-corrected chi connectivity index (χ1v) is 2.50. The molecule has 0 aromatic rings. The number of aliphatic hydroxyl groups is 2. The van der Waals surface area contributed by atoms with Crippen molar-refractivity contribution in [2.45, 2.75) is 5.79 Å². The van der Waals surface area contributed by atoms with Crippen molar-refractivity contribution in [3.8, 4) is 0 Å². The highest BCUT2D eigenvalue weighted by atomic mass is 16.5. The fourth-order valence-corrected chi connectivity index (χ4v) is 0.612. The van der Waals surface area contributed by atoms with Crippen LogP contribution in [0.1, 0.15) is 0 Å². The number of hydrogen-bond donors (Lipinski definition) is 3. The van der Waals surface area contributed by atoms with Gasteiger partial charge in [-0.3, -0.25) is 20.0 Å². The number of likely N-dealkylation sites (N-methyl/N-ethyl adjacent to an activating group) is 1. The highest BCUT2D eigenvalue weighted by Crippen LogP contribution is 2.09. The zero-order valence-electron chi connectivity index (χ0n) is 5.16. The Morgan fingerprint density at radius 1 is 1.50 bits per heavy atom. The van der Waals surface area contributed by atoms with E-state index in [1.807, 2.05) is 5.43 Å². The van der Waals surface area contributed by atoms with Crippen molar-refractivity contribution in [2.24, 2.45) is 0 Å². The average Bonchev–Trinajstić information content (AvgIpc) is 1.97. The quantitative estimate of drug-likeness (QED) is 0.254. The van der Waals surface area contributed by atoms with Crippen LogP contribution in [0.4, 0.5) is 0 Å². The molecule has 0 saturated carbocycles. The van der Waals surface area contributed by atoms with Gasteiger partial charge in [0.15, 0.2) is 0 Å². The third kappa shape index (κ3) is 0.662. The molecule has 3 N–H and O–H groups in total. The number of hydrazine groups is 1. The Morgan fingerprint density at radius 2 is 2.00 bits per heavy atom. The fourth-order valence-electron chi connectivity index (χ4n) is 0.612. The van der Waals surface area contributed by atoms with Crippen molar-refractivity contribution < 1.29 is 19.8 Å². The van der Waals surface area contributed by atoms with Crippen LogP contribution in [0.3, 0.4) is 0 Å². The van der Waals surface area contributed by atoms with Crippen LogP contribution in [-0.2, 0) is 9.59 Å². The molecule has 0 bridgehead atoms. The number of amides is 2. The van der Waals surface area contributed by atoms with Gasteiger partial charge in [0.25, 0.3) is 0 Å². The second kappa shape index (κ2) is 1.68. The zero-order chi connectivity index (χ0) is 7.94. The van der Waals surface area contributed by atoms with Gasteiger partial charge in [-0.25, -0.2) is 0 Å². The second-order valence-corrected chi connectivity index (χ2v) is 1.98. The van der Waals surface area contributed by atoms with E-state index >= 15 is 0 Å². The summed E-state index contributed by atoms with van der Waals surface area (Å²) in [5, 5.41) is 18.0. The van der Waals surface area contributed by atoms with E-state index in [9.17, 15) is 9.59 Å². The molecule has 1 heterocycles. The van der Waals surface area contributed by atoms with Crippen molar-refractivity contribution in [2.75, 3.05) is 7.05 Å². The smallest absolute Gasteiger partial charge is 0.330 e. The first kappa shape index (κ1) is 6.97. The highest BCUT2D eigenvalue weighted by Gasteiger charge is 2.51. The molecule has 56 valence electrons. The lowest BCUT2D eigenvalue weighted by Gasteiger charge is -2.07. The maximum atomic E-state index is 10.6. The van der Waals surface area contributed by atoms with Crippen LogP contribution in [0.15, 0.2) is 0 Å². The van der Waals surface area contributed by atoms with Gasteiger partial charge in [-0.1, -0.05) is 0 Å². The number of nitrogens with one attached hydrogen (secondary N) is 1. The zero-order valence-corrected chi connectivity index (χ0v) is 5.16. The molecular weight excluding hydrogens is 140 g/mol. The number of rotatable bonds is 0. The molecule has 0 aromatic carbocycles. The molecule has 1 aliphatic heterocycles. The molecule has 1 rings (SSSR count). The number of carbonyl (C=O) groups is 2. The van der Waals surface area contributed by atoms with Gasteiger partial charge in [0, 0.05) is 7.05 Å². The van der Waals surface area contributed by atoms with Crippen LogP contribution in [0.25, 0.3) is 0 Å². The van der Waals surface area contributed by atoms with E-state index in [0.717, 1.165) is 0 Å². The Kier molecular flexibility index (Phi) is 1.17. The van der Waals surface area contributed by atoms with E-state index in [0.29, 0.717) is 5.01 Å². The van der Waals surface area contributed by atoms with E-state index in [4.69, 9.17) is 10.2 Å². The molecule has 2 amide bonds. The summed E-state index contributed by atoms with van der Waals surface area (Å²) in [6.45, 7) is 0. The molecule has 1 saturated heterocycles. The van der Waals surface area contributed by atoms with Crippen molar-refractivity contribution in [1.29, 1.82) is 0 Å². The number of nitrogens with zero attached hydrogens (tertiary/aromatic N) is 1. The van der Waals surface area contributed by atoms with Crippen molar-refractivity contribution in [3.63, 3.8) is 0 Å². The molecule has 0 aliphatic carbocycles. The maximum Gasteiger partial charge on any atom is 0.330 e. The molecule has 1 aliphatic rings. The van der Waals surface area contributed by atoms with E-state index < -0.39 is 17.6 Å². The van der Waals surface area contributed by atoms with Crippen LogP contribution >= 0.6 is 0 Å². The molecule has 0 spiro atoms. The Morgan fingerprint density at radius 3 is 2.10 bits per heavy atom. The lowest BCUT2D eigenvalue weighted by molar-refractivity contribution is -0.185.